The minimum atomic E-state index is -1.30. The summed E-state index contributed by atoms with van der Waals surface area (Å²) >= 11 is 0. The summed E-state index contributed by atoms with van der Waals surface area (Å²) in [6.07, 6.45) is 0.905. The second-order valence-corrected chi connectivity index (χ2v) is 3.36. The highest BCUT2D eigenvalue weighted by Crippen LogP contribution is 2.17. The van der Waals surface area contributed by atoms with E-state index in [0.717, 1.165) is 12.3 Å². The maximum Gasteiger partial charge on any atom is 0.339 e. The Hall–Kier alpha value is -2.18. The van der Waals surface area contributed by atoms with Crippen molar-refractivity contribution in [1.82, 2.24) is 10.3 Å². The second kappa shape index (κ2) is 5.24. The molecule has 0 saturated carbocycles. The van der Waals surface area contributed by atoms with Gasteiger partial charge in [0.2, 0.25) is 5.91 Å². The molecule has 7 heteroatoms. The van der Waals surface area contributed by atoms with Crippen LogP contribution in [0.2, 0.25) is 0 Å². The summed E-state index contributed by atoms with van der Waals surface area (Å²) in [6.45, 7) is -0.0601. The molecule has 1 aromatic heterocycles. The van der Waals surface area contributed by atoms with Crippen molar-refractivity contribution in [3.05, 3.63) is 23.6 Å². The SMILES string of the molecule is CNC(=O)CN(C)c1ncc(F)cc1C(=O)O. The number of carboxylic acid groups (broad SMARTS) is 1. The fraction of sp³-hybridized carbons (Fsp3) is 0.300. The summed E-state index contributed by atoms with van der Waals surface area (Å²) in [5, 5.41) is 11.3. The van der Waals surface area contributed by atoms with Crippen molar-refractivity contribution in [3.63, 3.8) is 0 Å². The molecule has 0 aromatic carbocycles. The summed E-state index contributed by atoms with van der Waals surface area (Å²) in [4.78, 5) is 27.1. The third-order valence-corrected chi connectivity index (χ3v) is 2.08. The Bertz CT molecular complexity index is 450. The van der Waals surface area contributed by atoms with Crippen LogP contribution in [0.25, 0.3) is 0 Å². The maximum atomic E-state index is 12.9. The summed E-state index contributed by atoms with van der Waals surface area (Å²) in [5.41, 5.74) is -0.281. The number of likely N-dealkylation sites (N-methyl/N-ethyl adjacent to an activating group) is 2. The lowest BCUT2D eigenvalue weighted by atomic mass is 10.2. The normalized spacial score (nSPS) is 9.82. The van der Waals surface area contributed by atoms with E-state index in [-0.39, 0.29) is 23.8 Å². The van der Waals surface area contributed by atoms with Gasteiger partial charge in [0.25, 0.3) is 0 Å². The van der Waals surface area contributed by atoms with Gasteiger partial charge in [-0.05, 0) is 6.07 Å². The Labute approximate surface area is 97.1 Å². The third-order valence-electron chi connectivity index (χ3n) is 2.08. The van der Waals surface area contributed by atoms with Crippen LogP contribution in [0.1, 0.15) is 10.4 Å². The molecule has 1 heterocycles. The standard InChI is InChI=1S/C10H12FN3O3/c1-12-8(15)5-14(2)9-7(10(16)17)3-6(11)4-13-9/h3-4H,5H2,1-2H3,(H,12,15)(H,16,17). The highest BCUT2D eigenvalue weighted by atomic mass is 19.1. The first-order chi connectivity index (χ1) is 7.95. The van der Waals surface area contributed by atoms with Gasteiger partial charge in [0.05, 0.1) is 12.7 Å². The van der Waals surface area contributed by atoms with Crippen molar-refractivity contribution in [2.24, 2.45) is 0 Å². The molecule has 92 valence electrons. The van der Waals surface area contributed by atoms with E-state index >= 15 is 0 Å². The number of aromatic nitrogens is 1. The summed E-state index contributed by atoms with van der Waals surface area (Å²) in [5.74, 6) is -2.28. The van der Waals surface area contributed by atoms with Crippen molar-refractivity contribution in [3.8, 4) is 0 Å². The van der Waals surface area contributed by atoms with Crippen molar-refractivity contribution in [2.45, 2.75) is 0 Å². The molecule has 0 aliphatic rings. The number of aromatic carboxylic acids is 1. The molecule has 17 heavy (non-hydrogen) atoms. The number of carbonyl (C=O) groups is 2. The molecule has 0 atom stereocenters. The Morgan fingerprint density at radius 3 is 2.76 bits per heavy atom. The number of hydrogen-bond donors (Lipinski definition) is 2. The van der Waals surface area contributed by atoms with Crippen LogP contribution in [0.5, 0.6) is 0 Å². The van der Waals surface area contributed by atoms with Gasteiger partial charge in [-0.1, -0.05) is 0 Å². The Kier molecular flexibility index (Phi) is 3.97. The summed E-state index contributed by atoms with van der Waals surface area (Å²) in [7, 11) is 2.97. The number of anilines is 1. The van der Waals surface area contributed by atoms with E-state index in [1.54, 1.807) is 0 Å². The van der Waals surface area contributed by atoms with Crippen LogP contribution >= 0.6 is 0 Å². The average molecular weight is 241 g/mol. The quantitative estimate of drug-likeness (QED) is 0.781. The second-order valence-electron chi connectivity index (χ2n) is 3.36. The van der Waals surface area contributed by atoms with Crippen LogP contribution in [0, 0.1) is 5.82 Å². The lowest BCUT2D eigenvalue weighted by Crippen LogP contribution is -2.34. The minimum absolute atomic E-state index is 0.0440. The third kappa shape index (κ3) is 3.13. The predicted molar refractivity (Wildman–Crippen MR) is 58.5 cm³/mol. The zero-order valence-electron chi connectivity index (χ0n) is 9.40. The summed E-state index contributed by atoms with van der Waals surface area (Å²) in [6, 6.07) is 0.866. The number of nitrogens with zero attached hydrogens (tertiary/aromatic N) is 2. The minimum Gasteiger partial charge on any atom is -0.478 e. The van der Waals surface area contributed by atoms with Crippen LogP contribution in [0.3, 0.4) is 0 Å². The molecule has 0 bridgehead atoms. The molecule has 6 nitrogen and oxygen atoms in total. The lowest BCUT2D eigenvalue weighted by Gasteiger charge is -2.18. The van der Waals surface area contributed by atoms with Gasteiger partial charge in [-0.15, -0.1) is 0 Å². The number of halogens is 1. The van der Waals surface area contributed by atoms with Gasteiger partial charge in [-0.3, -0.25) is 4.79 Å². The van der Waals surface area contributed by atoms with Crippen LogP contribution in [0.4, 0.5) is 10.2 Å². The monoisotopic (exact) mass is 241 g/mol. The van der Waals surface area contributed by atoms with Crippen molar-refractivity contribution in [2.75, 3.05) is 25.5 Å². The Morgan fingerprint density at radius 2 is 2.24 bits per heavy atom. The zero-order valence-corrected chi connectivity index (χ0v) is 9.40. The van der Waals surface area contributed by atoms with Gasteiger partial charge in [-0.2, -0.15) is 0 Å². The summed E-state index contributed by atoms with van der Waals surface area (Å²) < 4.78 is 12.9. The zero-order chi connectivity index (χ0) is 13.0. The van der Waals surface area contributed by atoms with Crippen LogP contribution in [-0.2, 0) is 4.79 Å². The number of carboxylic acids is 1. The molecule has 0 saturated heterocycles. The van der Waals surface area contributed by atoms with Gasteiger partial charge in [-0.25, -0.2) is 14.2 Å². The molecular weight excluding hydrogens is 229 g/mol. The first kappa shape index (κ1) is 12.9. The largest absolute Gasteiger partial charge is 0.478 e. The lowest BCUT2D eigenvalue weighted by molar-refractivity contribution is -0.119. The topological polar surface area (TPSA) is 82.5 Å². The van der Waals surface area contributed by atoms with Crippen molar-refractivity contribution < 1.29 is 19.1 Å². The van der Waals surface area contributed by atoms with Gasteiger partial charge in [0.15, 0.2) is 0 Å². The van der Waals surface area contributed by atoms with Gasteiger partial charge >= 0.3 is 5.97 Å². The average Bonchev–Trinajstić information content (AvgIpc) is 2.28. The fourth-order valence-corrected chi connectivity index (χ4v) is 1.26. The number of amides is 1. The van der Waals surface area contributed by atoms with Crippen LogP contribution < -0.4 is 10.2 Å². The van der Waals surface area contributed by atoms with Gasteiger partial charge in [0.1, 0.15) is 17.2 Å². The van der Waals surface area contributed by atoms with E-state index < -0.39 is 11.8 Å². The fourth-order valence-electron chi connectivity index (χ4n) is 1.26. The highest BCUT2D eigenvalue weighted by molar-refractivity contribution is 5.94. The van der Waals surface area contributed by atoms with E-state index in [0.29, 0.717) is 0 Å². The van der Waals surface area contributed by atoms with Crippen molar-refractivity contribution in [1.29, 1.82) is 0 Å². The van der Waals surface area contributed by atoms with E-state index in [1.165, 1.54) is 19.0 Å². The maximum absolute atomic E-state index is 12.9. The highest BCUT2D eigenvalue weighted by Gasteiger charge is 2.17. The first-order valence-corrected chi connectivity index (χ1v) is 4.76. The molecule has 0 unspecified atom stereocenters. The predicted octanol–water partition coefficient (Wildman–Crippen LogP) is 0.101. The molecule has 1 aromatic rings. The molecule has 0 fully saturated rings. The number of carbonyl (C=O) groups excluding carboxylic acids is 1. The molecule has 0 aliphatic heterocycles. The molecule has 1 rings (SSSR count). The molecule has 0 aliphatic carbocycles. The molecule has 0 radical (unpaired) electrons. The van der Waals surface area contributed by atoms with Crippen molar-refractivity contribution >= 4 is 17.7 Å². The Morgan fingerprint density at radius 1 is 1.59 bits per heavy atom. The van der Waals surface area contributed by atoms with E-state index in [1.807, 2.05) is 0 Å². The number of pyridine rings is 1. The number of hydrogen-bond acceptors (Lipinski definition) is 4. The molecule has 0 spiro atoms. The molecule has 1 amide bonds. The van der Waals surface area contributed by atoms with Gasteiger partial charge < -0.3 is 15.3 Å². The van der Waals surface area contributed by atoms with E-state index in [2.05, 4.69) is 10.3 Å². The smallest absolute Gasteiger partial charge is 0.339 e. The van der Waals surface area contributed by atoms with Crippen LogP contribution in [-0.4, -0.2) is 42.6 Å². The van der Waals surface area contributed by atoms with Crippen LogP contribution in [0.15, 0.2) is 12.3 Å². The van der Waals surface area contributed by atoms with E-state index in [4.69, 9.17) is 5.11 Å². The Balaban J connectivity index is 3.04. The molecule has 2 N–H and O–H groups in total. The number of rotatable bonds is 4. The molecular formula is C10H12FN3O3. The first-order valence-electron chi connectivity index (χ1n) is 4.76. The van der Waals surface area contributed by atoms with Gasteiger partial charge in [0, 0.05) is 14.1 Å². The number of nitrogens with one attached hydrogen (secondary N) is 1. The van der Waals surface area contributed by atoms with E-state index in [9.17, 15) is 14.0 Å².